The maximum Gasteiger partial charge on any atom is 0.0962 e. The predicted octanol–water partition coefficient (Wildman–Crippen LogP) is 3.64. The Morgan fingerprint density at radius 3 is 2.81 bits per heavy atom. The summed E-state index contributed by atoms with van der Waals surface area (Å²) in [6.07, 6.45) is 1.89. The highest BCUT2D eigenvalue weighted by atomic mass is 127. The summed E-state index contributed by atoms with van der Waals surface area (Å²) in [6, 6.07) is 8.44. The van der Waals surface area contributed by atoms with Gasteiger partial charge in [-0.25, -0.2) is 0 Å². The Bertz CT molecular complexity index is 639. The van der Waals surface area contributed by atoms with E-state index >= 15 is 0 Å². The van der Waals surface area contributed by atoms with Crippen molar-refractivity contribution in [2.24, 2.45) is 7.05 Å². The standard InChI is InChI=1S/C13H11IN2/c1-8-6-7-15-11-9-4-3-5-10(14)13(9)16(2)12(8)11/h3-7H,1-2H3. The Balaban J connectivity index is 2.70. The quantitative estimate of drug-likeness (QED) is 0.578. The normalized spacial score (nSPS) is 11.4. The summed E-state index contributed by atoms with van der Waals surface area (Å²) in [6.45, 7) is 2.13. The van der Waals surface area contributed by atoms with Crippen molar-refractivity contribution in [1.82, 2.24) is 9.55 Å². The first-order valence-electron chi connectivity index (χ1n) is 5.18. The first kappa shape index (κ1) is 10.1. The third kappa shape index (κ3) is 1.21. The summed E-state index contributed by atoms with van der Waals surface area (Å²) in [5, 5.41) is 1.24. The van der Waals surface area contributed by atoms with Crippen LogP contribution in [-0.4, -0.2) is 9.55 Å². The van der Waals surface area contributed by atoms with Crippen LogP contribution in [0.3, 0.4) is 0 Å². The molecule has 0 aliphatic carbocycles. The van der Waals surface area contributed by atoms with Gasteiger partial charge < -0.3 is 4.57 Å². The largest absolute Gasteiger partial charge is 0.341 e. The van der Waals surface area contributed by atoms with Gasteiger partial charge in [0.2, 0.25) is 0 Å². The van der Waals surface area contributed by atoms with Gasteiger partial charge in [0.25, 0.3) is 0 Å². The third-order valence-electron chi connectivity index (χ3n) is 3.04. The van der Waals surface area contributed by atoms with E-state index in [1.54, 1.807) is 0 Å². The lowest BCUT2D eigenvalue weighted by atomic mass is 10.2. The van der Waals surface area contributed by atoms with Gasteiger partial charge in [-0.3, -0.25) is 4.98 Å². The summed E-state index contributed by atoms with van der Waals surface area (Å²) in [7, 11) is 2.11. The minimum Gasteiger partial charge on any atom is -0.341 e. The van der Waals surface area contributed by atoms with E-state index in [4.69, 9.17) is 0 Å². The van der Waals surface area contributed by atoms with Crippen molar-refractivity contribution < 1.29 is 0 Å². The number of hydrogen-bond donors (Lipinski definition) is 0. The Morgan fingerprint density at radius 1 is 1.19 bits per heavy atom. The van der Waals surface area contributed by atoms with Crippen LogP contribution in [0.5, 0.6) is 0 Å². The van der Waals surface area contributed by atoms with Crippen molar-refractivity contribution in [2.45, 2.75) is 6.92 Å². The predicted molar refractivity (Wildman–Crippen MR) is 75.7 cm³/mol. The second-order valence-corrected chi connectivity index (χ2v) is 5.18. The summed E-state index contributed by atoms with van der Waals surface area (Å²) in [4.78, 5) is 4.51. The van der Waals surface area contributed by atoms with Gasteiger partial charge in [0.1, 0.15) is 0 Å². The fraction of sp³-hybridized carbons (Fsp3) is 0.154. The molecule has 0 N–H and O–H groups in total. The zero-order chi connectivity index (χ0) is 11.3. The van der Waals surface area contributed by atoms with Gasteiger partial charge in [0.15, 0.2) is 0 Å². The molecule has 0 saturated heterocycles. The SMILES string of the molecule is Cc1ccnc2c3cccc(I)c3n(C)c12. The zero-order valence-electron chi connectivity index (χ0n) is 9.16. The number of hydrogen-bond acceptors (Lipinski definition) is 1. The molecule has 0 radical (unpaired) electrons. The van der Waals surface area contributed by atoms with E-state index < -0.39 is 0 Å². The molecule has 3 aromatic rings. The molecule has 2 aromatic heterocycles. The highest BCUT2D eigenvalue weighted by Crippen LogP contribution is 2.30. The molecular formula is C13H11IN2. The molecule has 0 amide bonds. The molecule has 0 atom stereocenters. The van der Waals surface area contributed by atoms with E-state index in [0.29, 0.717) is 0 Å². The maximum absolute atomic E-state index is 4.51. The fourth-order valence-corrected chi connectivity index (χ4v) is 3.19. The lowest BCUT2D eigenvalue weighted by Gasteiger charge is -2.01. The van der Waals surface area contributed by atoms with Gasteiger partial charge in [-0.05, 0) is 47.2 Å². The molecule has 0 spiro atoms. The molecule has 0 bridgehead atoms. The number of para-hydroxylation sites is 1. The first-order valence-corrected chi connectivity index (χ1v) is 6.26. The number of pyridine rings is 1. The van der Waals surface area contributed by atoms with Crippen LogP contribution in [0.2, 0.25) is 0 Å². The van der Waals surface area contributed by atoms with Gasteiger partial charge in [0, 0.05) is 22.2 Å². The summed E-state index contributed by atoms with van der Waals surface area (Å²) < 4.78 is 3.52. The molecule has 0 saturated carbocycles. The van der Waals surface area contributed by atoms with Gasteiger partial charge in [0.05, 0.1) is 16.6 Å². The Kier molecular flexibility index (Phi) is 2.17. The van der Waals surface area contributed by atoms with Crippen molar-refractivity contribution in [2.75, 3.05) is 0 Å². The van der Waals surface area contributed by atoms with Crippen LogP contribution < -0.4 is 0 Å². The molecule has 3 heteroatoms. The van der Waals surface area contributed by atoms with Crippen LogP contribution in [-0.2, 0) is 7.05 Å². The zero-order valence-corrected chi connectivity index (χ0v) is 11.3. The van der Waals surface area contributed by atoms with Crippen LogP contribution >= 0.6 is 22.6 Å². The lowest BCUT2D eigenvalue weighted by molar-refractivity contribution is 1.00. The van der Waals surface area contributed by atoms with Gasteiger partial charge >= 0.3 is 0 Å². The molecule has 80 valence electrons. The van der Waals surface area contributed by atoms with E-state index in [2.05, 4.69) is 70.4 Å². The number of nitrogens with zero attached hydrogens (tertiary/aromatic N) is 2. The molecule has 0 aliphatic rings. The fourth-order valence-electron chi connectivity index (χ4n) is 2.33. The molecule has 1 aromatic carbocycles. The minimum atomic E-state index is 1.11. The second kappa shape index (κ2) is 3.45. The van der Waals surface area contributed by atoms with Crippen molar-refractivity contribution in [3.63, 3.8) is 0 Å². The van der Waals surface area contributed by atoms with Crippen LogP contribution in [0.1, 0.15) is 5.56 Å². The van der Waals surface area contributed by atoms with Gasteiger partial charge in [-0.15, -0.1) is 0 Å². The van der Waals surface area contributed by atoms with Crippen molar-refractivity contribution in [1.29, 1.82) is 0 Å². The van der Waals surface area contributed by atoms with Crippen LogP contribution in [0, 0.1) is 10.5 Å². The number of aryl methyl sites for hydroxylation is 2. The monoisotopic (exact) mass is 322 g/mol. The highest BCUT2D eigenvalue weighted by molar-refractivity contribution is 14.1. The van der Waals surface area contributed by atoms with Crippen LogP contribution in [0.4, 0.5) is 0 Å². The van der Waals surface area contributed by atoms with Crippen LogP contribution in [0.25, 0.3) is 21.9 Å². The number of aromatic nitrogens is 2. The molecule has 0 fully saturated rings. The number of halogens is 1. The van der Waals surface area contributed by atoms with Crippen molar-refractivity contribution >= 4 is 44.5 Å². The molecule has 16 heavy (non-hydrogen) atoms. The van der Waals surface area contributed by atoms with Gasteiger partial charge in [-0.2, -0.15) is 0 Å². The van der Waals surface area contributed by atoms with Gasteiger partial charge in [-0.1, -0.05) is 12.1 Å². The van der Waals surface area contributed by atoms with Crippen LogP contribution in [0.15, 0.2) is 30.5 Å². The van der Waals surface area contributed by atoms with E-state index in [0.717, 1.165) is 5.52 Å². The number of rotatable bonds is 0. The smallest absolute Gasteiger partial charge is 0.0962 e. The molecule has 2 heterocycles. The van der Waals surface area contributed by atoms with E-state index in [1.165, 1.54) is 25.6 Å². The Hall–Kier alpha value is -1.10. The molecular weight excluding hydrogens is 311 g/mol. The lowest BCUT2D eigenvalue weighted by Crippen LogP contribution is -1.91. The number of fused-ring (bicyclic) bond motifs is 3. The van der Waals surface area contributed by atoms with E-state index in [1.807, 2.05) is 6.20 Å². The van der Waals surface area contributed by atoms with E-state index in [9.17, 15) is 0 Å². The molecule has 0 aliphatic heterocycles. The molecule has 2 nitrogen and oxygen atoms in total. The summed E-state index contributed by atoms with van der Waals surface area (Å²) in [5.74, 6) is 0. The summed E-state index contributed by atoms with van der Waals surface area (Å²) in [5.41, 5.74) is 4.90. The van der Waals surface area contributed by atoms with Crippen molar-refractivity contribution in [3.8, 4) is 0 Å². The molecule has 0 unspecified atom stereocenters. The maximum atomic E-state index is 4.51. The topological polar surface area (TPSA) is 17.8 Å². The van der Waals surface area contributed by atoms with E-state index in [-0.39, 0.29) is 0 Å². The Labute approximate surface area is 107 Å². The average molecular weight is 322 g/mol. The number of benzene rings is 1. The minimum absolute atomic E-state index is 1.11. The first-order chi connectivity index (χ1) is 7.70. The molecule has 3 rings (SSSR count). The van der Waals surface area contributed by atoms with Crippen molar-refractivity contribution in [3.05, 3.63) is 39.6 Å². The summed E-state index contributed by atoms with van der Waals surface area (Å²) >= 11 is 2.38. The second-order valence-electron chi connectivity index (χ2n) is 4.02. The Morgan fingerprint density at radius 2 is 2.00 bits per heavy atom. The average Bonchev–Trinajstić information content (AvgIpc) is 2.56. The third-order valence-corrected chi connectivity index (χ3v) is 3.91. The highest BCUT2D eigenvalue weighted by Gasteiger charge is 2.12.